The summed E-state index contributed by atoms with van der Waals surface area (Å²) < 4.78 is 0. The molecule has 0 amide bonds. The Morgan fingerprint density at radius 2 is 2.67 bits per heavy atom. The van der Waals surface area contributed by atoms with Gasteiger partial charge < -0.3 is 10.7 Å². The molecule has 1 aromatic heterocycles. The Hall–Kier alpha value is -0.0800. The van der Waals surface area contributed by atoms with E-state index >= 15 is 0 Å². The van der Waals surface area contributed by atoms with Crippen molar-refractivity contribution in [1.82, 2.24) is 9.97 Å². The number of nitrogens with one attached hydrogen (secondary N) is 1. The predicted octanol–water partition coefficient (Wildman–Crippen LogP) is 0.889. The molecule has 0 saturated carbocycles. The SMILES string of the molecule is N[C@@H](Cc1c[nH]cn1)C(=O)SI. The number of halogens is 1. The Balaban J connectivity index is 2.47. The quantitative estimate of drug-likeness (QED) is 0.813. The molecule has 0 aliphatic rings. The van der Waals surface area contributed by atoms with Gasteiger partial charge in [-0.25, -0.2) is 4.98 Å². The minimum absolute atomic E-state index is 0.0152. The monoisotopic (exact) mass is 297 g/mol. The minimum Gasteiger partial charge on any atom is -0.351 e. The fourth-order valence-corrected chi connectivity index (χ4v) is 1.95. The number of imidazole rings is 1. The molecule has 0 radical (unpaired) electrons. The van der Waals surface area contributed by atoms with Crippen LogP contribution in [0.15, 0.2) is 12.5 Å². The van der Waals surface area contributed by atoms with Crippen molar-refractivity contribution in [2.24, 2.45) is 5.73 Å². The van der Waals surface area contributed by atoms with Crippen molar-refractivity contribution in [1.29, 1.82) is 0 Å². The summed E-state index contributed by atoms with van der Waals surface area (Å²) in [6.07, 6.45) is 3.81. The Morgan fingerprint density at radius 1 is 1.92 bits per heavy atom. The summed E-state index contributed by atoms with van der Waals surface area (Å²) in [7, 11) is 1.12. The second-order valence-corrected chi connectivity index (χ2v) is 4.15. The number of aromatic nitrogens is 2. The third kappa shape index (κ3) is 2.76. The van der Waals surface area contributed by atoms with Crippen LogP contribution in [0.5, 0.6) is 0 Å². The lowest BCUT2D eigenvalue weighted by Gasteiger charge is -2.04. The van der Waals surface area contributed by atoms with E-state index in [4.69, 9.17) is 5.73 Å². The van der Waals surface area contributed by atoms with Gasteiger partial charge >= 0.3 is 0 Å². The molecule has 1 aromatic rings. The van der Waals surface area contributed by atoms with Gasteiger partial charge in [0, 0.05) is 33.8 Å². The topological polar surface area (TPSA) is 71.8 Å². The zero-order valence-electron chi connectivity index (χ0n) is 6.16. The second kappa shape index (κ2) is 4.83. The molecule has 3 N–H and O–H groups in total. The lowest BCUT2D eigenvalue weighted by Crippen LogP contribution is -2.30. The van der Waals surface area contributed by atoms with Gasteiger partial charge in [0.2, 0.25) is 5.12 Å². The largest absolute Gasteiger partial charge is 0.351 e. The molecule has 66 valence electrons. The van der Waals surface area contributed by atoms with E-state index in [1.165, 1.54) is 0 Å². The molecule has 1 heterocycles. The summed E-state index contributed by atoms with van der Waals surface area (Å²) in [5.74, 6) is 0. The van der Waals surface area contributed by atoms with Gasteiger partial charge in [-0.15, -0.1) is 0 Å². The summed E-state index contributed by atoms with van der Waals surface area (Å²) in [6, 6.07) is -0.449. The molecular weight excluding hydrogens is 289 g/mol. The number of carbonyl (C=O) groups excluding carboxylic acids is 1. The lowest BCUT2D eigenvalue weighted by molar-refractivity contribution is -0.111. The number of carbonyl (C=O) groups is 1. The Morgan fingerprint density at radius 3 is 3.17 bits per heavy atom. The van der Waals surface area contributed by atoms with Gasteiger partial charge in [-0.05, 0) is 8.93 Å². The van der Waals surface area contributed by atoms with Crippen molar-refractivity contribution in [3.05, 3.63) is 18.2 Å². The highest BCUT2D eigenvalue weighted by Gasteiger charge is 2.14. The first-order valence-corrected chi connectivity index (χ1v) is 6.65. The third-order valence-electron chi connectivity index (χ3n) is 1.36. The summed E-state index contributed by atoms with van der Waals surface area (Å²) in [5.41, 5.74) is 6.41. The molecule has 6 heteroatoms. The molecule has 1 atom stereocenters. The molecule has 0 bridgehead atoms. The highest BCUT2D eigenvalue weighted by molar-refractivity contribution is 14.2. The second-order valence-electron chi connectivity index (χ2n) is 2.27. The lowest BCUT2D eigenvalue weighted by atomic mass is 10.2. The maximum atomic E-state index is 11.0. The van der Waals surface area contributed by atoms with Gasteiger partial charge in [-0.3, -0.25) is 4.79 Å². The van der Waals surface area contributed by atoms with Crippen LogP contribution in [-0.4, -0.2) is 21.1 Å². The van der Waals surface area contributed by atoms with Gasteiger partial charge in [-0.1, -0.05) is 0 Å². The van der Waals surface area contributed by atoms with Crippen molar-refractivity contribution in [2.75, 3.05) is 0 Å². The molecule has 0 aromatic carbocycles. The van der Waals surface area contributed by atoms with E-state index in [-0.39, 0.29) is 5.12 Å². The maximum Gasteiger partial charge on any atom is 0.216 e. The number of aromatic amines is 1. The van der Waals surface area contributed by atoms with E-state index in [0.29, 0.717) is 6.42 Å². The molecule has 0 aliphatic heterocycles. The van der Waals surface area contributed by atoms with Crippen LogP contribution in [0.25, 0.3) is 0 Å². The zero-order chi connectivity index (χ0) is 8.97. The molecule has 0 saturated heterocycles. The third-order valence-corrected chi connectivity index (χ3v) is 3.12. The number of H-pyrrole nitrogens is 1. The van der Waals surface area contributed by atoms with E-state index < -0.39 is 6.04 Å². The maximum absolute atomic E-state index is 11.0. The Bertz CT molecular complexity index is 251. The average molecular weight is 297 g/mol. The van der Waals surface area contributed by atoms with Crippen molar-refractivity contribution in [3.8, 4) is 0 Å². The molecule has 4 nitrogen and oxygen atoms in total. The summed E-state index contributed by atoms with van der Waals surface area (Å²) >= 11 is 1.93. The highest BCUT2D eigenvalue weighted by Crippen LogP contribution is 2.15. The van der Waals surface area contributed by atoms with Gasteiger partial charge in [0.05, 0.1) is 18.1 Å². The molecule has 0 fully saturated rings. The highest BCUT2D eigenvalue weighted by atomic mass is 127. The van der Waals surface area contributed by atoms with Crippen LogP contribution >= 0.6 is 30.1 Å². The number of nitrogens with zero attached hydrogens (tertiary/aromatic N) is 1. The first kappa shape index (κ1) is 10.0. The molecule has 0 unspecified atom stereocenters. The van der Waals surface area contributed by atoms with Gasteiger partial charge in [0.25, 0.3) is 0 Å². The minimum atomic E-state index is -0.449. The van der Waals surface area contributed by atoms with E-state index in [0.717, 1.165) is 14.6 Å². The van der Waals surface area contributed by atoms with Crippen LogP contribution in [0, 0.1) is 0 Å². The van der Waals surface area contributed by atoms with Crippen LogP contribution in [0.1, 0.15) is 5.69 Å². The molecule has 12 heavy (non-hydrogen) atoms. The van der Waals surface area contributed by atoms with Gasteiger partial charge in [-0.2, -0.15) is 0 Å². The average Bonchev–Trinajstić information content (AvgIpc) is 2.55. The van der Waals surface area contributed by atoms with E-state index in [1.807, 2.05) is 21.2 Å². The van der Waals surface area contributed by atoms with E-state index in [9.17, 15) is 4.79 Å². The van der Waals surface area contributed by atoms with Crippen LogP contribution in [0.2, 0.25) is 0 Å². The summed E-state index contributed by atoms with van der Waals surface area (Å²) in [4.78, 5) is 17.8. The van der Waals surface area contributed by atoms with Crippen molar-refractivity contribution in [3.63, 3.8) is 0 Å². The summed E-state index contributed by atoms with van der Waals surface area (Å²) in [6.45, 7) is 0. The van der Waals surface area contributed by atoms with Crippen LogP contribution < -0.4 is 5.73 Å². The van der Waals surface area contributed by atoms with Crippen LogP contribution in [-0.2, 0) is 11.2 Å². The normalized spacial score (nSPS) is 12.8. The summed E-state index contributed by atoms with van der Waals surface area (Å²) in [5, 5.41) is -0.0152. The Kier molecular flexibility index (Phi) is 4.02. The fourth-order valence-electron chi connectivity index (χ4n) is 0.768. The number of rotatable bonds is 3. The van der Waals surface area contributed by atoms with E-state index in [2.05, 4.69) is 9.97 Å². The van der Waals surface area contributed by atoms with Crippen LogP contribution in [0.4, 0.5) is 0 Å². The zero-order valence-corrected chi connectivity index (χ0v) is 9.13. The molecule has 0 spiro atoms. The fraction of sp³-hybridized carbons (Fsp3) is 0.333. The van der Waals surface area contributed by atoms with Crippen LogP contribution in [0.3, 0.4) is 0 Å². The molecular formula is C6H8IN3OS. The standard InChI is InChI=1S/C6H8IN3OS/c7-12-6(11)5(8)1-4-2-9-3-10-4/h2-3,5H,1,8H2,(H,9,10)/t5-/m0/s1. The Labute approximate surface area is 86.3 Å². The van der Waals surface area contributed by atoms with Crippen molar-refractivity contribution in [2.45, 2.75) is 12.5 Å². The van der Waals surface area contributed by atoms with Crippen molar-refractivity contribution < 1.29 is 4.79 Å². The van der Waals surface area contributed by atoms with Gasteiger partial charge in [0.15, 0.2) is 0 Å². The van der Waals surface area contributed by atoms with Crippen molar-refractivity contribution >= 4 is 35.3 Å². The molecule has 1 rings (SSSR count). The first-order valence-electron chi connectivity index (χ1n) is 3.29. The predicted molar refractivity (Wildman–Crippen MR) is 56.9 cm³/mol. The smallest absolute Gasteiger partial charge is 0.216 e. The molecule has 0 aliphatic carbocycles. The number of hydrogen-bond donors (Lipinski definition) is 2. The first-order chi connectivity index (χ1) is 5.74. The van der Waals surface area contributed by atoms with Gasteiger partial charge in [0.1, 0.15) is 0 Å². The van der Waals surface area contributed by atoms with E-state index in [1.54, 1.807) is 12.5 Å². The number of nitrogens with two attached hydrogens (primary N) is 1. The number of hydrogen-bond acceptors (Lipinski definition) is 4.